The van der Waals surface area contributed by atoms with Gasteiger partial charge in [0.15, 0.2) is 0 Å². The standard InChI is InChI=1S/C10H16N2O3/c1-4-12-6-7(5-11-12)8(13)10(2,3)9(14)15/h5-6,8,13H,4H2,1-3H3,(H,14,15). The Morgan fingerprint density at radius 2 is 2.27 bits per heavy atom. The van der Waals surface area contributed by atoms with Gasteiger partial charge in [0.05, 0.1) is 17.7 Å². The van der Waals surface area contributed by atoms with Gasteiger partial charge < -0.3 is 10.2 Å². The van der Waals surface area contributed by atoms with E-state index in [0.29, 0.717) is 12.1 Å². The minimum atomic E-state index is -1.21. The lowest BCUT2D eigenvalue weighted by atomic mass is 9.84. The predicted molar refractivity (Wildman–Crippen MR) is 54.3 cm³/mol. The molecule has 0 aliphatic rings. The second kappa shape index (κ2) is 4.02. The van der Waals surface area contributed by atoms with Gasteiger partial charge in [-0.3, -0.25) is 9.48 Å². The number of aliphatic hydroxyl groups excluding tert-OH is 1. The van der Waals surface area contributed by atoms with E-state index in [0.717, 1.165) is 0 Å². The quantitative estimate of drug-likeness (QED) is 0.782. The van der Waals surface area contributed by atoms with E-state index in [2.05, 4.69) is 5.10 Å². The van der Waals surface area contributed by atoms with Crippen molar-refractivity contribution in [3.8, 4) is 0 Å². The second-order valence-electron chi connectivity index (χ2n) is 4.06. The molecule has 0 aliphatic heterocycles. The number of aromatic nitrogens is 2. The van der Waals surface area contributed by atoms with Gasteiger partial charge in [-0.15, -0.1) is 0 Å². The highest BCUT2D eigenvalue weighted by Crippen LogP contribution is 2.33. The summed E-state index contributed by atoms with van der Waals surface area (Å²) in [6.45, 7) is 5.60. The molecule has 0 saturated carbocycles. The van der Waals surface area contributed by atoms with Crippen molar-refractivity contribution in [2.75, 3.05) is 0 Å². The third kappa shape index (κ3) is 2.18. The molecule has 0 amide bonds. The summed E-state index contributed by atoms with van der Waals surface area (Å²) < 4.78 is 1.65. The van der Waals surface area contributed by atoms with Gasteiger partial charge >= 0.3 is 5.97 Å². The van der Waals surface area contributed by atoms with Gasteiger partial charge in [0.25, 0.3) is 0 Å². The number of aliphatic hydroxyl groups is 1. The monoisotopic (exact) mass is 212 g/mol. The van der Waals surface area contributed by atoms with Gasteiger partial charge in [0, 0.05) is 18.3 Å². The van der Waals surface area contributed by atoms with Gasteiger partial charge in [-0.1, -0.05) is 0 Å². The zero-order valence-corrected chi connectivity index (χ0v) is 9.14. The van der Waals surface area contributed by atoms with Crippen LogP contribution in [0.1, 0.15) is 32.4 Å². The first kappa shape index (κ1) is 11.7. The molecule has 84 valence electrons. The predicted octanol–water partition coefficient (Wildman–Crippen LogP) is 1.05. The average Bonchev–Trinajstić information content (AvgIpc) is 2.64. The second-order valence-corrected chi connectivity index (χ2v) is 4.06. The maximum atomic E-state index is 10.9. The minimum Gasteiger partial charge on any atom is -0.481 e. The Morgan fingerprint density at radius 1 is 1.67 bits per heavy atom. The Balaban J connectivity index is 2.93. The lowest BCUT2D eigenvalue weighted by Crippen LogP contribution is -2.31. The Labute approximate surface area is 88.3 Å². The molecule has 1 unspecified atom stereocenters. The summed E-state index contributed by atoms with van der Waals surface area (Å²) in [5.74, 6) is -1.03. The molecular weight excluding hydrogens is 196 g/mol. The molecule has 0 bridgehead atoms. The van der Waals surface area contributed by atoms with Crippen molar-refractivity contribution >= 4 is 5.97 Å². The number of hydrogen-bond acceptors (Lipinski definition) is 3. The molecule has 1 aromatic heterocycles. The molecule has 5 heteroatoms. The van der Waals surface area contributed by atoms with E-state index in [1.807, 2.05) is 6.92 Å². The molecule has 1 aromatic rings. The van der Waals surface area contributed by atoms with Gasteiger partial charge in [-0.05, 0) is 20.8 Å². The number of carbonyl (C=O) groups is 1. The molecule has 0 saturated heterocycles. The van der Waals surface area contributed by atoms with Gasteiger partial charge in [0.2, 0.25) is 0 Å². The van der Waals surface area contributed by atoms with Crippen LogP contribution in [0.15, 0.2) is 12.4 Å². The van der Waals surface area contributed by atoms with Gasteiger partial charge in [-0.25, -0.2) is 0 Å². The third-order valence-electron chi connectivity index (χ3n) is 2.53. The Hall–Kier alpha value is -1.36. The molecular formula is C10H16N2O3. The first-order chi connectivity index (χ1) is 6.89. The van der Waals surface area contributed by atoms with Crippen molar-refractivity contribution in [3.63, 3.8) is 0 Å². The number of carboxylic acid groups (broad SMARTS) is 1. The lowest BCUT2D eigenvalue weighted by Gasteiger charge is -2.24. The van der Waals surface area contributed by atoms with Crippen LogP contribution >= 0.6 is 0 Å². The van der Waals surface area contributed by atoms with Crippen LogP contribution in [0.2, 0.25) is 0 Å². The third-order valence-corrected chi connectivity index (χ3v) is 2.53. The fraction of sp³-hybridized carbons (Fsp3) is 0.600. The van der Waals surface area contributed by atoms with Crippen LogP contribution in [0.3, 0.4) is 0 Å². The van der Waals surface area contributed by atoms with Crippen molar-refractivity contribution in [2.45, 2.75) is 33.4 Å². The Kier molecular flexibility index (Phi) is 3.14. The number of nitrogens with zero attached hydrogens (tertiary/aromatic N) is 2. The average molecular weight is 212 g/mol. The van der Waals surface area contributed by atoms with Crippen molar-refractivity contribution in [2.24, 2.45) is 5.41 Å². The topological polar surface area (TPSA) is 75.4 Å². The molecule has 0 radical (unpaired) electrons. The maximum Gasteiger partial charge on any atom is 0.312 e. The molecule has 1 rings (SSSR count). The summed E-state index contributed by atoms with van der Waals surface area (Å²) in [5.41, 5.74) is -0.675. The molecule has 5 nitrogen and oxygen atoms in total. The molecule has 1 heterocycles. The molecule has 0 aromatic carbocycles. The molecule has 0 spiro atoms. The van der Waals surface area contributed by atoms with E-state index in [4.69, 9.17) is 5.11 Å². The fourth-order valence-electron chi connectivity index (χ4n) is 1.23. The number of carboxylic acids is 1. The number of hydrogen-bond donors (Lipinski definition) is 2. The normalized spacial score (nSPS) is 13.9. The van der Waals surface area contributed by atoms with E-state index >= 15 is 0 Å². The van der Waals surface area contributed by atoms with Gasteiger partial charge in [0.1, 0.15) is 0 Å². The van der Waals surface area contributed by atoms with E-state index in [1.165, 1.54) is 20.0 Å². The molecule has 0 fully saturated rings. The highest BCUT2D eigenvalue weighted by atomic mass is 16.4. The number of aliphatic carboxylic acids is 1. The summed E-state index contributed by atoms with van der Waals surface area (Å²) in [7, 11) is 0. The first-order valence-electron chi connectivity index (χ1n) is 4.83. The number of rotatable bonds is 4. The fourth-order valence-corrected chi connectivity index (χ4v) is 1.23. The lowest BCUT2D eigenvalue weighted by molar-refractivity contribution is -0.153. The van der Waals surface area contributed by atoms with Crippen molar-refractivity contribution in [1.29, 1.82) is 0 Å². The highest BCUT2D eigenvalue weighted by Gasteiger charge is 2.37. The molecule has 1 atom stereocenters. The van der Waals surface area contributed by atoms with Gasteiger partial charge in [-0.2, -0.15) is 5.10 Å². The van der Waals surface area contributed by atoms with Crippen LogP contribution in [0.25, 0.3) is 0 Å². The minimum absolute atomic E-state index is 0.532. The smallest absolute Gasteiger partial charge is 0.312 e. The van der Waals surface area contributed by atoms with E-state index in [9.17, 15) is 9.90 Å². The number of aryl methyl sites for hydroxylation is 1. The van der Waals surface area contributed by atoms with Crippen molar-refractivity contribution < 1.29 is 15.0 Å². The summed E-state index contributed by atoms with van der Waals surface area (Å²) in [6, 6.07) is 0. The summed E-state index contributed by atoms with van der Waals surface area (Å²) in [4.78, 5) is 10.9. The van der Waals surface area contributed by atoms with Crippen LogP contribution < -0.4 is 0 Å². The zero-order valence-electron chi connectivity index (χ0n) is 9.14. The van der Waals surface area contributed by atoms with Crippen LogP contribution in [-0.4, -0.2) is 26.0 Å². The largest absolute Gasteiger partial charge is 0.481 e. The highest BCUT2D eigenvalue weighted by molar-refractivity contribution is 5.74. The Bertz CT molecular complexity index is 357. The first-order valence-corrected chi connectivity index (χ1v) is 4.83. The van der Waals surface area contributed by atoms with Crippen LogP contribution in [0.5, 0.6) is 0 Å². The van der Waals surface area contributed by atoms with E-state index in [-0.39, 0.29) is 0 Å². The van der Waals surface area contributed by atoms with Crippen LogP contribution in [0.4, 0.5) is 0 Å². The van der Waals surface area contributed by atoms with E-state index in [1.54, 1.807) is 10.9 Å². The van der Waals surface area contributed by atoms with Crippen LogP contribution in [-0.2, 0) is 11.3 Å². The molecule has 0 aliphatic carbocycles. The van der Waals surface area contributed by atoms with Crippen molar-refractivity contribution in [3.05, 3.63) is 18.0 Å². The Morgan fingerprint density at radius 3 is 2.67 bits per heavy atom. The summed E-state index contributed by atoms with van der Waals surface area (Å²) in [6.07, 6.45) is 2.11. The van der Waals surface area contributed by atoms with Crippen molar-refractivity contribution in [1.82, 2.24) is 9.78 Å². The zero-order chi connectivity index (χ0) is 11.6. The molecule has 2 N–H and O–H groups in total. The van der Waals surface area contributed by atoms with Crippen LogP contribution in [0, 0.1) is 5.41 Å². The molecule has 15 heavy (non-hydrogen) atoms. The maximum absolute atomic E-state index is 10.9. The van der Waals surface area contributed by atoms with E-state index < -0.39 is 17.5 Å². The summed E-state index contributed by atoms with van der Waals surface area (Å²) >= 11 is 0. The SMILES string of the molecule is CCn1cc(C(O)C(C)(C)C(=O)O)cn1. The summed E-state index contributed by atoms with van der Waals surface area (Å²) in [5, 5.41) is 22.8.